The van der Waals surface area contributed by atoms with Gasteiger partial charge < -0.3 is 9.47 Å². The molecule has 0 unspecified atom stereocenters. The van der Waals surface area contributed by atoms with Crippen LogP contribution in [0.15, 0.2) is 75.0 Å². The van der Waals surface area contributed by atoms with Crippen molar-refractivity contribution in [3.63, 3.8) is 0 Å². The summed E-state index contributed by atoms with van der Waals surface area (Å²) < 4.78 is 26.0. The van der Waals surface area contributed by atoms with Crippen LogP contribution in [0.25, 0.3) is 6.08 Å². The van der Waals surface area contributed by atoms with Crippen LogP contribution in [0.3, 0.4) is 0 Å². The molecule has 1 fully saturated rings. The number of thioether (sulfide) groups is 1. The third-order valence-electron chi connectivity index (χ3n) is 5.39. The van der Waals surface area contributed by atoms with E-state index in [-0.39, 0.29) is 11.7 Å². The molecule has 4 rings (SSSR count). The van der Waals surface area contributed by atoms with E-state index in [1.165, 1.54) is 29.5 Å². The number of aryl methyl sites for hydroxylation is 1. The van der Waals surface area contributed by atoms with Crippen molar-refractivity contribution in [2.24, 2.45) is 4.99 Å². The fourth-order valence-corrected chi connectivity index (χ4v) is 5.20. The van der Waals surface area contributed by atoms with Gasteiger partial charge >= 0.3 is 0 Å². The van der Waals surface area contributed by atoms with Gasteiger partial charge in [-0.2, -0.15) is 0 Å². The number of ether oxygens (including phenoxy) is 2. The highest BCUT2D eigenvalue weighted by Crippen LogP contribution is 2.40. The maximum Gasteiger partial charge on any atom is 0.266 e. The molecule has 5 nitrogen and oxygen atoms in total. The Morgan fingerprint density at radius 2 is 1.78 bits per heavy atom. The minimum absolute atomic E-state index is 0.128. The number of hydrogen-bond donors (Lipinski definition) is 0. The van der Waals surface area contributed by atoms with Gasteiger partial charge in [-0.1, -0.05) is 29.8 Å². The van der Waals surface area contributed by atoms with Gasteiger partial charge in [0.2, 0.25) is 0 Å². The normalized spacial score (nSPS) is 15.7. The zero-order valence-corrected chi connectivity index (χ0v) is 22.7. The van der Waals surface area contributed by atoms with Crippen molar-refractivity contribution < 1.29 is 18.7 Å². The number of hydrogen-bond acceptors (Lipinski definition) is 5. The standard InChI is InChI=1S/C28H26BrFN2O3S/c1-4-32-27(33)25(36-28(32)31-22-12-10-21(30)11-13-22)16-20-14-23(29)26(24(15-20)34-5-2)35-17-19-8-6-18(3)7-9-19/h6-16H,4-5,17H2,1-3H3/b25-16+,31-28?. The number of aliphatic imine (C=N–C) groups is 1. The van der Waals surface area contributed by atoms with Crippen LogP contribution in [0.1, 0.15) is 30.5 Å². The van der Waals surface area contributed by atoms with Gasteiger partial charge in [0.05, 0.1) is 21.7 Å². The van der Waals surface area contributed by atoms with Gasteiger partial charge in [-0.25, -0.2) is 9.38 Å². The SMILES string of the molecule is CCOc1cc(/C=C2/SC(=Nc3ccc(F)cc3)N(CC)C2=O)cc(Br)c1OCc1ccc(C)cc1. The fraction of sp³-hybridized carbons (Fsp3) is 0.214. The molecule has 3 aromatic carbocycles. The van der Waals surface area contributed by atoms with Gasteiger partial charge in [0.15, 0.2) is 16.7 Å². The Bertz CT molecular complexity index is 1310. The van der Waals surface area contributed by atoms with E-state index in [1.54, 1.807) is 17.0 Å². The molecule has 0 aromatic heterocycles. The summed E-state index contributed by atoms with van der Waals surface area (Å²) in [5, 5.41) is 0.558. The maximum atomic E-state index is 13.3. The van der Waals surface area contributed by atoms with Crippen LogP contribution in [0.4, 0.5) is 10.1 Å². The van der Waals surface area contributed by atoms with Crippen LogP contribution >= 0.6 is 27.7 Å². The first-order valence-electron chi connectivity index (χ1n) is 11.6. The van der Waals surface area contributed by atoms with Gasteiger partial charge in [0, 0.05) is 6.54 Å². The molecule has 186 valence electrons. The molecule has 1 aliphatic rings. The van der Waals surface area contributed by atoms with Crippen molar-refractivity contribution in [1.29, 1.82) is 0 Å². The quantitative estimate of drug-likeness (QED) is 0.264. The molecule has 0 atom stereocenters. The molecule has 1 amide bonds. The number of benzene rings is 3. The second-order valence-electron chi connectivity index (χ2n) is 8.07. The lowest BCUT2D eigenvalue weighted by Crippen LogP contribution is -2.28. The molecule has 0 bridgehead atoms. The highest BCUT2D eigenvalue weighted by Gasteiger charge is 2.32. The van der Waals surface area contributed by atoms with E-state index in [2.05, 4.69) is 33.1 Å². The molecule has 8 heteroatoms. The summed E-state index contributed by atoms with van der Waals surface area (Å²) in [5.41, 5.74) is 3.63. The monoisotopic (exact) mass is 568 g/mol. The van der Waals surface area contributed by atoms with Crippen molar-refractivity contribution in [1.82, 2.24) is 4.90 Å². The Balaban J connectivity index is 1.60. The topological polar surface area (TPSA) is 51.1 Å². The minimum atomic E-state index is -0.330. The number of amides is 1. The Morgan fingerprint density at radius 1 is 1.06 bits per heavy atom. The van der Waals surface area contributed by atoms with Crippen molar-refractivity contribution >= 4 is 50.5 Å². The Kier molecular flexibility index (Phi) is 8.48. The lowest BCUT2D eigenvalue weighted by atomic mass is 10.1. The highest BCUT2D eigenvalue weighted by atomic mass is 79.9. The average molecular weight is 569 g/mol. The van der Waals surface area contributed by atoms with Crippen molar-refractivity contribution in [2.45, 2.75) is 27.4 Å². The molecule has 0 saturated carbocycles. The molecular weight excluding hydrogens is 543 g/mol. The minimum Gasteiger partial charge on any atom is -0.490 e. The highest BCUT2D eigenvalue weighted by molar-refractivity contribution is 9.10. The van der Waals surface area contributed by atoms with E-state index in [9.17, 15) is 9.18 Å². The largest absolute Gasteiger partial charge is 0.490 e. The van der Waals surface area contributed by atoms with Crippen LogP contribution in [0.5, 0.6) is 11.5 Å². The predicted molar refractivity (Wildman–Crippen MR) is 147 cm³/mol. The molecule has 0 radical (unpaired) electrons. The zero-order chi connectivity index (χ0) is 25.7. The summed E-state index contributed by atoms with van der Waals surface area (Å²) in [6.45, 7) is 7.21. The molecule has 1 aliphatic heterocycles. The van der Waals surface area contributed by atoms with Crippen molar-refractivity contribution in [3.8, 4) is 11.5 Å². The van der Waals surface area contributed by atoms with Crippen LogP contribution in [-0.4, -0.2) is 29.1 Å². The molecule has 0 N–H and O–H groups in total. The van der Waals surface area contributed by atoms with Gasteiger partial charge in [-0.15, -0.1) is 0 Å². The zero-order valence-electron chi connectivity index (χ0n) is 20.3. The van der Waals surface area contributed by atoms with Crippen LogP contribution in [0.2, 0.25) is 0 Å². The number of nitrogens with zero attached hydrogens (tertiary/aromatic N) is 2. The van der Waals surface area contributed by atoms with E-state index in [0.29, 0.717) is 47.0 Å². The summed E-state index contributed by atoms with van der Waals surface area (Å²) in [5.74, 6) is 0.744. The number of halogens is 2. The van der Waals surface area contributed by atoms with Crippen molar-refractivity contribution in [2.75, 3.05) is 13.2 Å². The van der Waals surface area contributed by atoms with E-state index in [0.717, 1.165) is 15.6 Å². The molecule has 1 saturated heterocycles. The summed E-state index contributed by atoms with van der Waals surface area (Å²) >= 11 is 4.90. The first-order chi connectivity index (χ1) is 17.4. The summed E-state index contributed by atoms with van der Waals surface area (Å²) in [7, 11) is 0. The van der Waals surface area contributed by atoms with Gasteiger partial charge in [-0.3, -0.25) is 9.69 Å². The number of amidine groups is 1. The van der Waals surface area contributed by atoms with Gasteiger partial charge in [0.25, 0.3) is 5.91 Å². The third kappa shape index (κ3) is 6.17. The first-order valence-corrected chi connectivity index (χ1v) is 13.2. The number of carbonyl (C=O) groups excluding carboxylic acids is 1. The number of carbonyl (C=O) groups is 1. The second-order valence-corrected chi connectivity index (χ2v) is 9.93. The van der Waals surface area contributed by atoms with Crippen LogP contribution in [0, 0.1) is 12.7 Å². The van der Waals surface area contributed by atoms with E-state index < -0.39 is 0 Å². The lowest BCUT2D eigenvalue weighted by molar-refractivity contribution is -0.122. The molecular formula is C28H26BrFN2O3S. The Labute approximate surface area is 223 Å². The summed E-state index contributed by atoms with van der Waals surface area (Å²) in [4.78, 5) is 19.8. The Hall–Kier alpha value is -3.10. The maximum absolute atomic E-state index is 13.3. The molecule has 0 spiro atoms. The van der Waals surface area contributed by atoms with Crippen LogP contribution < -0.4 is 9.47 Å². The fourth-order valence-electron chi connectivity index (χ4n) is 3.56. The predicted octanol–water partition coefficient (Wildman–Crippen LogP) is 7.50. The Morgan fingerprint density at radius 3 is 2.44 bits per heavy atom. The summed E-state index contributed by atoms with van der Waals surface area (Å²) in [6, 6.07) is 17.8. The van der Waals surface area contributed by atoms with E-state index >= 15 is 0 Å². The first kappa shape index (κ1) is 26.0. The van der Waals surface area contributed by atoms with Gasteiger partial charge in [0.1, 0.15) is 12.4 Å². The third-order valence-corrected chi connectivity index (χ3v) is 6.98. The van der Waals surface area contributed by atoms with E-state index in [1.807, 2.05) is 51.1 Å². The number of likely N-dealkylation sites (N-methyl/N-ethyl adjacent to an activating group) is 1. The molecule has 36 heavy (non-hydrogen) atoms. The summed E-state index contributed by atoms with van der Waals surface area (Å²) in [6.07, 6.45) is 1.82. The molecule has 1 heterocycles. The number of rotatable bonds is 8. The molecule has 3 aromatic rings. The van der Waals surface area contributed by atoms with E-state index in [4.69, 9.17) is 9.47 Å². The second kappa shape index (κ2) is 11.8. The average Bonchev–Trinajstić information content (AvgIpc) is 3.14. The van der Waals surface area contributed by atoms with Crippen LogP contribution in [-0.2, 0) is 11.4 Å². The lowest BCUT2D eigenvalue weighted by Gasteiger charge is -2.15. The van der Waals surface area contributed by atoms with Crippen molar-refractivity contribution in [3.05, 3.63) is 92.5 Å². The van der Waals surface area contributed by atoms with Gasteiger partial charge in [-0.05, 0) is 102 Å². The molecule has 0 aliphatic carbocycles. The smallest absolute Gasteiger partial charge is 0.266 e.